The second-order valence-corrected chi connectivity index (χ2v) is 3.57. The number of hydrogen-bond acceptors (Lipinski definition) is 0. The van der Waals surface area contributed by atoms with Gasteiger partial charge in [-0.05, 0) is 35.9 Å². The first-order valence-electron chi connectivity index (χ1n) is 4.38. The van der Waals surface area contributed by atoms with E-state index in [1.54, 1.807) is 6.07 Å². The zero-order chi connectivity index (χ0) is 10.8. The van der Waals surface area contributed by atoms with Crippen molar-refractivity contribution in [1.82, 2.24) is 0 Å². The average molecular weight is 225 g/mol. The molecule has 0 radical (unpaired) electrons. The molecule has 15 heavy (non-hydrogen) atoms. The molecule has 0 aromatic heterocycles. The van der Waals surface area contributed by atoms with Crippen molar-refractivity contribution in [3.63, 3.8) is 0 Å². The van der Waals surface area contributed by atoms with E-state index < -0.39 is 11.6 Å². The van der Waals surface area contributed by atoms with Gasteiger partial charge in [0.25, 0.3) is 0 Å². The van der Waals surface area contributed by atoms with E-state index >= 15 is 0 Å². The second-order valence-electron chi connectivity index (χ2n) is 3.13. The molecule has 0 unspecified atom stereocenters. The maximum absolute atomic E-state index is 13.4. The predicted molar refractivity (Wildman–Crippen MR) is 56.8 cm³/mol. The lowest BCUT2D eigenvalue weighted by Crippen LogP contribution is -1.85. The van der Waals surface area contributed by atoms with Crippen molar-refractivity contribution in [2.24, 2.45) is 0 Å². The number of hydrogen-bond donors (Lipinski definition) is 0. The largest absolute Gasteiger partial charge is 0.207 e. The summed E-state index contributed by atoms with van der Waals surface area (Å²) >= 11 is 5.75. The van der Waals surface area contributed by atoms with Crippen molar-refractivity contribution >= 4 is 11.6 Å². The van der Waals surface area contributed by atoms with Crippen molar-refractivity contribution in [3.8, 4) is 11.1 Å². The Kier molecular flexibility index (Phi) is 2.69. The van der Waals surface area contributed by atoms with Gasteiger partial charge in [-0.15, -0.1) is 0 Å². The Labute approximate surface area is 91.1 Å². The average Bonchev–Trinajstić information content (AvgIpc) is 2.22. The summed E-state index contributed by atoms with van der Waals surface area (Å²) in [7, 11) is 0. The van der Waals surface area contributed by atoms with Crippen molar-refractivity contribution in [2.45, 2.75) is 0 Å². The van der Waals surface area contributed by atoms with Crippen LogP contribution in [0.1, 0.15) is 0 Å². The molecule has 0 amide bonds. The first-order chi connectivity index (χ1) is 7.16. The molecule has 0 saturated carbocycles. The number of benzene rings is 2. The molecule has 0 aliphatic carbocycles. The van der Waals surface area contributed by atoms with Gasteiger partial charge < -0.3 is 0 Å². The highest BCUT2D eigenvalue weighted by Crippen LogP contribution is 2.26. The Bertz CT molecular complexity index is 495. The fourth-order valence-corrected chi connectivity index (χ4v) is 1.55. The van der Waals surface area contributed by atoms with Crippen molar-refractivity contribution < 1.29 is 8.78 Å². The van der Waals surface area contributed by atoms with Crippen molar-refractivity contribution in [1.29, 1.82) is 0 Å². The molecular formula is C12H7ClF2. The Morgan fingerprint density at radius 1 is 0.933 bits per heavy atom. The van der Waals surface area contributed by atoms with E-state index in [1.165, 1.54) is 36.4 Å². The number of halogens is 3. The Morgan fingerprint density at radius 3 is 2.47 bits per heavy atom. The monoisotopic (exact) mass is 224 g/mol. The third-order valence-electron chi connectivity index (χ3n) is 2.06. The minimum atomic E-state index is -0.412. The first kappa shape index (κ1) is 10.1. The molecular weight excluding hydrogens is 218 g/mol. The van der Waals surface area contributed by atoms with Crippen molar-refractivity contribution in [2.75, 3.05) is 0 Å². The Balaban J connectivity index is 2.58. The van der Waals surface area contributed by atoms with Crippen LogP contribution in [0.4, 0.5) is 8.78 Å². The van der Waals surface area contributed by atoms with E-state index in [0.717, 1.165) is 0 Å². The van der Waals surface area contributed by atoms with Gasteiger partial charge in [-0.1, -0.05) is 23.7 Å². The van der Waals surface area contributed by atoms with E-state index in [1.807, 2.05) is 0 Å². The lowest BCUT2D eigenvalue weighted by molar-refractivity contribution is 0.624. The molecule has 0 N–H and O–H groups in total. The van der Waals surface area contributed by atoms with Gasteiger partial charge in [0.15, 0.2) is 0 Å². The van der Waals surface area contributed by atoms with E-state index in [-0.39, 0.29) is 0 Å². The van der Waals surface area contributed by atoms with E-state index in [0.29, 0.717) is 16.1 Å². The van der Waals surface area contributed by atoms with Gasteiger partial charge in [-0.3, -0.25) is 0 Å². The van der Waals surface area contributed by atoms with Crippen LogP contribution < -0.4 is 0 Å². The molecule has 76 valence electrons. The minimum absolute atomic E-state index is 0.307. The summed E-state index contributed by atoms with van der Waals surface area (Å²) in [5.41, 5.74) is 0.789. The molecule has 0 bridgehead atoms. The van der Waals surface area contributed by atoms with Crippen LogP contribution in [0.2, 0.25) is 5.02 Å². The van der Waals surface area contributed by atoms with Gasteiger partial charge in [0, 0.05) is 10.6 Å². The molecule has 0 atom stereocenters. The van der Waals surface area contributed by atoms with Gasteiger partial charge >= 0.3 is 0 Å². The van der Waals surface area contributed by atoms with Crippen molar-refractivity contribution in [3.05, 3.63) is 59.1 Å². The summed E-state index contributed by atoms with van der Waals surface area (Å²) in [4.78, 5) is 0. The highest BCUT2D eigenvalue weighted by molar-refractivity contribution is 6.30. The zero-order valence-corrected chi connectivity index (χ0v) is 8.43. The molecule has 2 aromatic carbocycles. The quantitative estimate of drug-likeness (QED) is 0.678. The predicted octanol–water partition coefficient (Wildman–Crippen LogP) is 4.29. The van der Waals surface area contributed by atoms with Crippen LogP contribution >= 0.6 is 11.6 Å². The zero-order valence-electron chi connectivity index (χ0n) is 7.68. The molecule has 0 saturated heterocycles. The molecule has 0 heterocycles. The van der Waals surface area contributed by atoms with E-state index in [2.05, 4.69) is 0 Å². The van der Waals surface area contributed by atoms with Gasteiger partial charge in [0.2, 0.25) is 0 Å². The molecule has 0 spiro atoms. The van der Waals surface area contributed by atoms with Crippen LogP contribution in [0, 0.1) is 11.6 Å². The summed E-state index contributed by atoms with van der Waals surface area (Å²) in [5, 5.41) is 0.427. The SMILES string of the molecule is Fc1cccc(-c2cc(Cl)ccc2F)c1. The molecule has 0 fully saturated rings. The van der Waals surface area contributed by atoms with E-state index in [9.17, 15) is 8.78 Å². The first-order valence-corrected chi connectivity index (χ1v) is 4.75. The topological polar surface area (TPSA) is 0 Å². The number of rotatable bonds is 1. The van der Waals surface area contributed by atoms with Crippen LogP contribution in [0.25, 0.3) is 11.1 Å². The minimum Gasteiger partial charge on any atom is -0.207 e. The summed E-state index contributed by atoms with van der Waals surface area (Å²) in [6, 6.07) is 9.96. The third-order valence-corrected chi connectivity index (χ3v) is 2.30. The van der Waals surface area contributed by atoms with Crippen LogP contribution in [-0.2, 0) is 0 Å². The normalized spacial score (nSPS) is 10.3. The lowest BCUT2D eigenvalue weighted by atomic mass is 10.1. The summed E-state index contributed by atoms with van der Waals surface area (Å²) < 4.78 is 26.3. The molecule has 2 aromatic rings. The second kappa shape index (κ2) is 3.99. The summed E-state index contributed by atoms with van der Waals surface area (Å²) in [5.74, 6) is -0.808. The highest BCUT2D eigenvalue weighted by Gasteiger charge is 2.06. The van der Waals surface area contributed by atoms with Crippen LogP contribution in [0.5, 0.6) is 0 Å². The van der Waals surface area contributed by atoms with Crippen LogP contribution in [0.15, 0.2) is 42.5 Å². The fraction of sp³-hybridized carbons (Fsp3) is 0. The van der Waals surface area contributed by atoms with Crippen LogP contribution in [-0.4, -0.2) is 0 Å². The van der Waals surface area contributed by atoms with Gasteiger partial charge in [-0.25, -0.2) is 8.78 Å². The van der Waals surface area contributed by atoms with Gasteiger partial charge in [0.1, 0.15) is 11.6 Å². The standard InChI is InChI=1S/C12H7ClF2/c13-9-4-5-12(15)11(7-9)8-2-1-3-10(14)6-8/h1-7H. The summed E-state index contributed by atoms with van der Waals surface area (Å²) in [6.07, 6.45) is 0. The third kappa shape index (κ3) is 2.16. The Morgan fingerprint density at radius 2 is 1.73 bits per heavy atom. The van der Waals surface area contributed by atoms with Gasteiger partial charge in [0.05, 0.1) is 0 Å². The summed E-state index contributed by atoms with van der Waals surface area (Å²) in [6.45, 7) is 0. The smallest absolute Gasteiger partial charge is 0.131 e. The maximum atomic E-state index is 13.4. The molecule has 0 aliphatic rings. The highest BCUT2D eigenvalue weighted by atomic mass is 35.5. The van der Waals surface area contributed by atoms with Gasteiger partial charge in [-0.2, -0.15) is 0 Å². The Hall–Kier alpha value is -1.41. The molecule has 0 aliphatic heterocycles. The molecule has 3 heteroatoms. The lowest BCUT2D eigenvalue weighted by Gasteiger charge is -2.03. The maximum Gasteiger partial charge on any atom is 0.131 e. The van der Waals surface area contributed by atoms with E-state index in [4.69, 9.17) is 11.6 Å². The molecule has 2 rings (SSSR count). The fourth-order valence-electron chi connectivity index (χ4n) is 1.37. The van der Waals surface area contributed by atoms with Crippen LogP contribution in [0.3, 0.4) is 0 Å². The molecule has 0 nitrogen and oxygen atoms in total.